The molecule has 0 bridgehead atoms. The topological polar surface area (TPSA) is 93.5 Å². The Morgan fingerprint density at radius 2 is 1.77 bits per heavy atom. The standard InChI is InChI=1S/C33H35BrClN3O6/c1-41-28-10-9-24(19-27(28)35)30-32(42-2)29(39)25-17-23(18-26(34)31(25)44-30)20-36-11-6-12-37-13-15-38(16-14-37)33(40)43-21-22-7-4-3-5-8-22/h3-5,7-10,17-19,36H,6,11-16,20-21H2,1-2H3. The number of ether oxygens (including phenoxy) is 3. The molecule has 9 nitrogen and oxygen atoms in total. The number of hydrogen-bond donors (Lipinski definition) is 1. The van der Waals surface area contributed by atoms with Crippen molar-refractivity contribution in [1.29, 1.82) is 0 Å². The lowest BCUT2D eigenvalue weighted by Gasteiger charge is -2.34. The number of halogens is 2. The molecule has 1 saturated heterocycles. The Bertz CT molecular complexity index is 1660. The Balaban J connectivity index is 1.12. The fraction of sp³-hybridized carbons (Fsp3) is 0.333. The highest BCUT2D eigenvalue weighted by Crippen LogP contribution is 2.37. The van der Waals surface area contributed by atoms with Crippen LogP contribution in [0.4, 0.5) is 4.79 Å². The predicted octanol–water partition coefficient (Wildman–Crippen LogP) is 6.33. The zero-order valence-electron chi connectivity index (χ0n) is 24.7. The highest BCUT2D eigenvalue weighted by Gasteiger charge is 2.22. The Labute approximate surface area is 269 Å². The van der Waals surface area contributed by atoms with Gasteiger partial charge < -0.3 is 28.8 Å². The summed E-state index contributed by atoms with van der Waals surface area (Å²) >= 11 is 9.92. The van der Waals surface area contributed by atoms with Crippen LogP contribution in [0, 0.1) is 0 Å². The first kappa shape index (κ1) is 31.8. The monoisotopic (exact) mass is 683 g/mol. The second-order valence-corrected chi connectivity index (χ2v) is 11.8. The van der Waals surface area contributed by atoms with E-state index in [1.165, 1.54) is 7.11 Å². The van der Waals surface area contributed by atoms with E-state index in [-0.39, 0.29) is 23.9 Å². The van der Waals surface area contributed by atoms with Gasteiger partial charge in [0.05, 0.1) is 29.1 Å². The number of fused-ring (bicyclic) bond motifs is 1. The first-order valence-electron chi connectivity index (χ1n) is 14.4. The lowest BCUT2D eigenvalue weighted by Crippen LogP contribution is -2.49. The van der Waals surface area contributed by atoms with E-state index in [1.807, 2.05) is 42.5 Å². The molecule has 11 heteroatoms. The summed E-state index contributed by atoms with van der Waals surface area (Å²) in [5, 5.41) is 4.30. The molecule has 232 valence electrons. The van der Waals surface area contributed by atoms with E-state index in [0.717, 1.165) is 43.7 Å². The van der Waals surface area contributed by atoms with Crippen molar-refractivity contribution in [2.24, 2.45) is 0 Å². The number of nitrogens with zero attached hydrogens (tertiary/aromatic N) is 2. The highest BCUT2D eigenvalue weighted by molar-refractivity contribution is 9.10. The molecule has 1 aliphatic heterocycles. The van der Waals surface area contributed by atoms with Gasteiger partial charge in [-0.3, -0.25) is 9.69 Å². The maximum Gasteiger partial charge on any atom is 0.410 e. The average molecular weight is 685 g/mol. The number of piperazine rings is 1. The van der Waals surface area contributed by atoms with Gasteiger partial charge in [0.1, 0.15) is 12.4 Å². The summed E-state index contributed by atoms with van der Waals surface area (Å²) in [6.07, 6.45) is 0.696. The second kappa shape index (κ2) is 14.9. The molecule has 44 heavy (non-hydrogen) atoms. The molecule has 1 aliphatic rings. The second-order valence-electron chi connectivity index (χ2n) is 10.5. The SMILES string of the molecule is COc1ccc(-c2oc3c(Br)cc(CNCCCN4CCN(C(=O)OCc5ccccc5)CC4)cc3c(=O)c2OC)cc1Cl. The number of benzene rings is 3. The zero-order valence-corrected chi connectivity index (χ0v) is 27.1. The fourth-order valence-electron chi connectivity index (χ4n) is 5.21. The van der Waals surface area contributed by atoms with E-state index >= 15 is 0 Å². The predicted molar refractivity (Wildman–Crippen MR) is 175 cm³/mol. The number of nitrogens with one attached hydrogen (secondary N) is 1. The van der Waals surface area contributed by atoms with Crippen LogP contribution in [0.5, 0.6) is 11.5 Å². The molecule has 1 aromatic heterocycles. The van der Waals surface area contributed by atoms with Crippen LogP contribution in [0.3, 0.4) is 0 Å². The molecule has 1 N–H and O–H groups in total. The lowest BCUT2D eigenvalue weighted by atomic mass is 10.1. The van der Waals surface area contributed by atoms with Crippen molar-refractivity contribution in [1.82, 2.24) is 15.1 Å². The van der Waals surface area contributed by atoms with Crippen LogP contribution in [0.1, 0.15) is 17.5 Å². The van der Waals surface area contributed by atoms with Crippen molar-refractivity contribution in [3.8, 4) is 22.8 Å². The van der Waals surface area contributed by atoms with E-state index in [4.69, 9.17) is 30.2 Å². The van der Waals surface area contributed by atoms with Crippen LogP contribution in [-0.2, 0) is 17.9 Å². The summed E-state index contributed by atoms with van der Waals surface area (Å²) in [5.41, 5.74) is 2.71. The maximum absolute atomic E-state index is 13.5. The van der Waals surface area contributed by atoms with Crippen molar-refractivity contribution < 1.29 is 23.4 Å². The van der Waals surface area contributed by atoms with Crippen molar-refractivity contribution in [2.75, 3.05) is 53.5 Å². The molecule has 3 aromatic carbocycles. The van der Waals surface area contributed by atoms with Gasteiger partial charge in [-0.05, 0) is 76.9 Å². The van der Waals surface area contributed by atoms with Gasteiger partial charge in [0.25, 0.3) is 0 Å². The normalized spacial score (nSPS) is 13.7. The van der Waals surface area contributed by atoms with Crippen LogP contribution in [0.15, 0.2) is 74.3 Å². The minimum Gasteiger partial charge on any atom is -0.495 e. The largest absolute Gasteiger partial charge is 0.495 e. The molecule has 0 spiro atoms. The van der Waals surface area contributed by atoms with Crippen LogP contribution in [0.25, 0.3) is 22.3 Å². The molecule has 1 amide bonds. The number of methoxy groups -OCH3 is 2. The van der Waals surface area contributed by atoms with Crippen molar-refractivity contribution in [3.05, 3.63) is 91.5 Å². The summed E-state index contributed by atoms with van der Waals surface area (Å²) in [6.45, 7) is 5.58. The molecule has 0 atom stereocenters. The van der Waals surface area contributed by atoms with Crippen molar-refractivity contribution in [2.45, 2.75) is 19.6 Å². The molecule has 5 rings (SSSR count). The van der Waals surface area contributed by atoms with Gasteiger partial charge >= 0.3 is 6.09 Å². The van der Waals surface area contributed by atoms with Gasteiger partial charge in [-0.2, -0.15) is 0 Å². The van der Waals surface area contributed by atoms with E-state index in [9.17, 15) is 9.59 Å². The zero-order chi connectivity index (χ0) is 31.1. The Hall–Kier alpha value is -3.57. The van der Waals surface area contributed by atoms with Gasteiger partial charge in [-0.1, -0.05) is 41.9 Å². The van der Waals surface area contributed by atoms with Gasteiger partial charge in [0, 0.05) is 38.3 Å². The smallest absolute Gasteiger partial charge is 0.410 e. The molecule has 0 saturated carbocycles. The summed E-state index contributed by atoms with van der Waals surface area (Å²) < 4.78 is 23.1. The molecule has 0 aliphatic carbocycles. The molecule has 1 fully saturated rings. The Morgan fingerprint density at radius 1 is 1.00 bits per heavy atom. The summed E-state index contributed by atoms with van der Waals surface area (Å²) in [7, 11) is 2.99. The van der Waals surface area contributed by atoms with E-state index in [2.05, 4.69) is 26.1 Å². The van der Waals surface area contributed by atoms with Crippen molar-refractivity contribution in [3.63, 3.8) is 0 Å². The molecule has 0 unspecified atom stereocenters. The number of amides is 1. The van der Waals surface area contributed by atoms with Crippen molar-refractivity contribution >= 4 is 44.6 Å². The minimum absolute atomic E-state index is 0.111. The van der Waals surface area contributed by atoms with Crippen LogP contribution < -0.4 is 20.2 Å². The number of carbonyl (C=O) groups excluding carboxylic acids is 1. The van der Waals surface area contributed by atoms with Gasteiger partial charge in [-0.25, -0.2) is 4.79 Å². The van der Waals surface area contributed by atoms with Crippen LogP contribution in [0.2, 0.25) is 5.02 Å². The maximum atomic E-state index is 13.5. The summed E-state index contributed by atoms with van der Waals surface area (Å²) in [5.74, 6) is 0.932. The van der Waals surface area contributed by atoms with E-state index in [1.54, 1.807) is 30.2 Å². The lowest BCUT2D eigenvalue weighted by molar-refractivity contribution is 0.0714. The van der Waals surface area contributed by atoms with Crippen LogP contribution >= 0.6 is 27.5 Å². The van der Waals surface area contributed by atoms with Crippen LogP contribution in [-0.4, -0.2) is 69.4 Å². The molecule has 2 heterocycles. The first-order valence-corrected chi connectivity index (χ1v) is 15.6. The molecular formula is C33H35BrClN3O6. The quantitative estimate of drug-likeness (QED) is 0.184. The first-order chi connectivity index (χ1) is 21.4. The fourth-order valence-corrected chi connectivity index (χ4v) is 6.05. The number of carbonyl (C=O) groups is 1. The average Bonchev–Trinajstić information content (AvgIpc) is 3.04. The Morgan fingerprint density at radius 3 is 2.48 bits per heavy atom. The third-order valence-electron chi connectivity index (χ3n) is 7.58. The molecule has 0 radical (unpaired) electrons. The summed E-state index contributed by atoms with van der Waals surface area (Å²) in [4.78, 5) is 30.0. The number of rotatable bonds is 11. The minimum atomic E-state index is -0.263. The molecule has 4 aromatic rings. The van der Waals surface area contributed by atoms with E-state index in [0.29, 0.717) is 57.2 Å². The Kier molecular flexibility index (Phi) is 10.8. The highest BCUT2D eigenvalue weighted by atomic mass is 79.9. The van der Waals surface area contributed by atoms with Gasteiger partial charge in [0.15, 0.2) is 11.3 Å². The summed E-state index contributed by atoms with van der Waals surface area (Å²) in [6, 6.07) is 18.7. The van der Waals surface area contributed by atoms with E-state index < -0.39 is 0 Å². The third kappa shape index (κ3) is 7.55. The number of hydrogen-bond acceptors (Lipinski definition) is 8. The van der Waals surface area contributed by atoms with Gasteiger partial charge in [-0.15, -0.1) is 0 Å². The molecular weight excluding hydrogens is 650 g/mol. The third-order valence-corrected chi connectivity index (χ3v) is 8.46. The van der Waals surface area contributed by atoms with Gasteiger partial charge in [0.2, 0.25) is 11.2 Å².